The van der Waals surface area contributed by atoms with Gasteiger partial charge in [0.1, 0.15) is 10.8 Å². The lowest BCUT2D eigenvalue weighted by Gasteiger charge is -2.43. The molecule has 1 fully saturated rings. The molecule has 1 aromatic carbocycles. The maximum atomic E-state index is 12.2. The number of carbonyl (C=O) groups is 1. The second-order valence-corrected chi connectivity index (χ2v) is 12.8. The Hall–Kier alpha value is -2.51. The number of aromatic nitrogens is 1. The van der Waals surface area contributed by atoms with Crippen molar-refractivity contribution in [1.29, 1.82) is 0 Å². The minimum absolute atomic E-state index is 0.161. The van der Waals surface area contributed by atoms with Gasteiger partial charge in [-0.2, -0.15) is 10.6 Å². The molecule has 7 N–H and O–H groups in total. The SMILES string of the molecule is CC(C)(O)c1ccc(-c2cc(C(N)=O)c(Nc3cccc(C(CO)N4CCS(O)(O)CC4)n3)s2)cc1. The van der Waals surface area contributed by atoms with Crippen molar-refractivity contribution >= 4 is 38.7 Å². The van der Waals surface area contributed by atoms with Crippen molar-refractivity contribution < 1.29 is 24.1 Å². The molecule has 1 atom stereocenters. The number of thiophene rings is 1. The van der Waals surface area contributed by atoms with Gasteiger partial charge in [-0.25, -0.2) is 4.98 Å². The maximum absolute atomic E-state index is 12.2. The van der Waals surface area contributed by atoms with Gasteiger partial charge in [0.2, 0.25) is 0 Å². The van der Waals surface area contributed by atoms with Crippen LogP contribution in [0, 0.1) is 0 Å². The summed E-state index contributed by atoms with van der Waals surface area (Å²) in [6.07, 6.45) is 0. The number of hydrogen-bond acceptors (Lipinski definition) is 9. The summed E-state index contributed by atoms with van der Waals surface area (Å²) in [4.78, 5) is 19.7. The van der Waals surface area contributed by atoms with Crippen LogP contribution in [0.25, 0.3) is 10.4 Å². The summed E-state index contributed by atoms with van der Waals surface area (Å²) in [6.45, 7) is 4.20. The molecule has 1 amide bonds. The number of nitrogens with zero attached hydrogens (tertiary/aromatic N) is 2. The van der Waals surface area contributed by atoms with E-state index in [1.165, 1.54) is 11.3 Å². The molecule has 3 aromatic rings. The Morgan fingerprint density at radius 3 is 2.44 bits per heavy atom. The van der Waals surface area contributed by atoms with Crippen LogP contribution in [0.15, 0.2) is 48.5 Å². The molecule has 36 heavy (non-hydrogen) atoms. The lowest BCUT2D eigenvalue weighted by atomic mass is 9.97. The number of pyridine rings is 1. The van der Waals surface area contributed by atoms with E-state index in [2.05, 4.69) is 10.3 Å². The Labute approximate surface area is 216 Å². The number of benzene rings is 1. The number of anilines is 2. The number of rotatable bonds is 8. The number of carbonyl (C=O) groups excluding carboxylic acids is 1. The molecule has 0 bridgehead atoms. The summed E-state index contributed by atoms with van der Waals surface area (Å²) in [7, 11) is -2.54. The van der Waals surface area contributed by atoms with Gasteiger partial charge in [-0.3, -0.25) is 18.8 Å². The lowest BCUT2D eigenvalue weighted by Crippen LogP contribution is -2.42. The van der Waals surface area contributed by atoms with E-state index in [1.54, 1.807) is 26.0 Å². The van der Waals surface area contributed by atoms with Crippen molar-refractivity contribution in [1.82, 2.24) is 9.88 Å². The van der Waals surface area contributed by atoms with Gasteiger partial charge in [-0.15, -0.1) is 11.3 Å². The average Bonchev–Trinajstić information content (AvgIpc) is 3.24. The average molecular weight is 533 g/mol. The van der Waals surface area contributed by atoms with Crippen LogP contribution in [-0.2, 0) is 5.60 Å². The number of nitrogens with two attached hydrogens (primary N) is 1. The highest BCUT2D eigenvalue weighted by Crippen LogP contribution is 2.42. The first-order valence-corrected chi connectivity index (χ1v) is 14.3. The number of primary amides is 1. The van der Waals surface area contributed by atoms with E-state index < -0.39 is 22.1 Å². The van der Waals surface area contributed by atoms with Crippen molar-refractivity contribution in [3.63, 3.8) is 0 Å². The highest BCUT2D eigenvalue weighted by Gasteiger charge is 2.29. The quantitative estimate of drug-likeness (QED) is 0.255. The first-order valence-electron chi connectivity index (χ1n) is 11.6. The van der Waals surface area contributed by atoms with Gasteiger partial charge in [0.25, 0.3) is 5.91 Å². The Morgan fingerprint density at radius 2 is 1.86 bits per heavy atom. The van der Waals surface area contributed by atoms with Crippen LogP contribution < -0.4 is 11.1 Å². The molecule has 0 radical (unpaired) electrons. The fourth-order valence-corrected chi connectivity index (χ4v) is 6.46. The van der Waals surface area contributed by atoms with Crippen molar-refractivity contribution in [2.45, 2.75) is 25.5 Å². The van der Waals surface area contributed by atoms with E-state index in [1.807, 2.05) is 41.3 Å². The summed E-state index contributed by atoms with van der Waals surface area (Å²) in [5.41, 5.74) is 7.37. The zero-order chi connectivity index (χ0) is 26.1. The van der Waals surface area contributed by atoms with Crippen molar-refractivity contribution in [2.24, 2.45) is 5.73 Å². The van der Waals surface area contributed by atoms with Crippen LogP contribution in [0.2, 0.25) is 0 Å². The largest absolute Gasteiger partial charge is 0.394 e. The zero-order valence-electron chi connectivity index (χ0n) is 20.2. The predicted molar refractivity (Wildman–Crippen MR) is 145 cm³/mol. The summed E-state index contributed by atoms with van der Waals surface area (Å²) < 4.78 is 19.8. The zero-order valence-corrected chi connectivity index (χ0v) is 21.9. The van der Waals surface area contributed by atoms with Crippen LogP contribution in [0.3, 0.4) is 0 Å². The van der Waals surface area contributed by atoms with Crippen molar-refractivity contribution in [2.75, 3.05) is 36.5 Å². The monoisotopic (exact) mass is 532 g/mol. The second-order valence-electron chi connectivity index (χ2n) is 9.37. The molecular formula is C25H32N4O5S2. The van der Waals surface area contributed by atoms with Crippen LogP contribution in [0.1, 0.15) is 41.5 Å². The number of hydrogen-bond donors (Lipinski definition) is 6. The molecule has 4 rings (SSSR count). The molecule has 9 nitrogen and oxygen atoms in total. The summed E-state index contributed by atoms with van der Waals surface area (Å²) >= 11 is 1.37. The highest BCUT2D eigenvalue weighted by atomic mass is 32.3. The van der Waals surface area contributed by atoms with Gasteiger partial charge < -0.3 is 21.3 Å². The normalized spacial score (nSPS) is 17.9. The molecular weight excluding hydrogens is 500 g/mol. The Bertz CT molecular complexity index is 1210. The molecule has 3 heterocycles. The Morgan fingerprint density at radius 1 is 1.19 bits per heavy atom. The van der Waals surface area contributed by atoms with Gasteiger partial charge >= 0.3 is 0 Å². The van der Waals surface area contributed by atoms with E-state index in [0.29, 0.717) is 35.2 Å². The van der Waals surface area contributed by atoms with Crippen molar-refractivity contribution in [3.8, 4) is 10.4 Å². The van der Waals surface area contributed by atoms with Gasteiger partial charge in [-0.05, 0) is 43.2 Å². The highest BCUT2D eigenvalue weighted by molar-refractivity contribution is 8.24. The van der Waals surface area contributed by atoms with Crippen LogP contribution in [0.4, 0.5) is 10.8 Å². The van der Waals surface area contributed by atoms with Gasteiger partial charge in [-0.1, -0.05) is 30.3 Å². The van der Waals surface area contributed by atoms with E-state index in [9.17, 15) is 24.1 Å². The molecule has 0 saturated carbocycles. The fourth-order valence-electron chi connectivity index (χ4n) is 4.12. The Kier molecular flexibility index (Phi) is 7.72. The number of amides is 1. The van der Waals surface area contributed by atoms with Crippen LogP contribution in [-0.4, -0.2) is 66.3 Å². The number of nitrogens with one attached hydrogen (secondary N) is 1. The number of aliphatic hydroxyl groups is 2. The fraction of sp³-hybridized carbons (Fsp3) is 0.360. The number of aliphatic hydroxyl groups excluding tert-OH is 1. The van der Waals surface area contributed by atoms with Gasteiger partial charge in [0.05, 0.1) is 41.0 Å². The third-order valence-electron chi connectivity index (χ3n) is 6.25. The molecule has 1 saturated heterocycles. The third-order valence-corrected chi connectivity index (χ3v) is 9.02. The Balaban J connectivity index is 1.57. The maximum Gasteiger partial charge on any atom is 0.251 e. The molecule has 1 aliphatic rings. The molecule has 1 aliphatic heterocycles. The van der Waals surface area contributed by atoms with E-state index >= 15 is 0 Å². The first-order chi connectivity index (χ1) is 17.0. The van der Waals surface area contributed by atoms with E-state index in [-0.39, 0.29) is 24.2 Å². The molecule has 194 valence electrons. The second kappa shape index (κ2) is 10.5. The molecule has 11 heteroatoms. The lowest BCUT2D eigenvalue weighted by molar-refractivity contribution is 0.0786. The van der Waals surface area contributed by atoms with Crippen LogP contribution >= 0.6 is 21.9 Å². The summed E-state index contributed by atoms with van der Waals surface area (Å²) in [5, 5.41) is 24.0. The minimum atomic E-state index is -2.54. The van der Waals surface area contributed by atoms with Crippen LogP contribution in [0.5, 0.6) is 0 Å². The molecule has 1 unspecified atom stereocenters. The summed E-state index contributed by atoms with van der Waals surface area (Å²) in [6, 6.07) is 14.3. The minimum Gasteiger partial charge on any atom is -0.394 e. The predicted octanol–water partition coefficient (Wildman–Crippen LogP) is 3.98. The summed E-state index contributed by atoms with van der Waals surface area (Å²) in [5.74, 6) is 0.487. The molecule has 0 aliphatic carbocycles. The molecule has 0 spiro atoms. The smallest absolute Gasteiger partial charge is 0.251 e. The first kappa shape index (κ1) is 26.6. The van der Waals surface area contributed by atoms with Gasteiger partial charge in [0.15, 0.2) is 0 Å². The van der Waals surface area contributed by atoms with E-state index in [4.69, 9.17) is 5.73 Å². The third kappa shape index (κ3) is 6.06. The van der Waals surface area contributed by atoms with Gasteiger partial charge in [0, 0.05) is 18.0 Å². The topological polar surface area (TPSA) is 152 Å². The van der Waals surface area contributed by atoms with Crippen molar-refractivity contribution in [3.05, 3.63) is 65.4 Å². The molecule has 2 aromatic heterocycles. The standard InChI is InChI=1S/C25H32N4O5S2/c1-25(2,32)17-8-6-16(7-9-17)21-14-18(23(26)31)24(35-21)28-22-5-3-4-19(27-22)20(15-30)29-10-12-36(33,34)13-11-29/h3-9,14,20,30,32-34H,10-13,15H2,1-2H3,(H2,26,31)(H,27,28). The van der Waals surface area contributed by atoms with E-state index in [0.717, 1.165) is 16.0 Å².